The Morgan fingerprint density at radius 1 is 1.21 bits per heavy atom. The van der Waals surface area contributed by atoms with Gasteiger partial charge in [0.2, 0.25) is 0 Å². The van der Waals surface area contributed by atoms with Gasteiger partial charge in [0.15, 0.2) is 0 Å². The van der Waals surface area contributed by atoms with E-state index < -0.39 is 0 Å². The van der Waals surface area contributed by atoms with Crippen molar-refractivity contribution >= 4 is 33.2 Å². The van der Waals surface area contributed by atoms with E-state index >= 15 is 0 Å². The van der Waals surface area contributed by atoms with E-state index in [-0.39, 0.29) is 16.9 Å². The summed E-state index contributed by atoms with van der Waals surface area (Å²) < 4.78 is 14.5. The fourth-order valence-electron chi connectivity index (χ4n) is 2.52. The molecule has 0 aliphatic heterocycles. The molecular weight excluding hydrogens is 329 g/mol. The van der Waals surface area contributed by atoms with Crippen molar-refractivity contribution in [2.75, 3.05) is 5.32 Å². The minimum Gasteiger partial charge on any atom is -0.378 e. The summed E-state index contributed by atoms with van der Waals surface area (Å²) in [4.78, 5) is 0. The number of fused-ring (bicyclic) bond motifs is 1. The number of halogens is 3. The van der Waals surface area contributed by atoms with Crippen LogP contribution in [0.15, 0.2) is 40.9 Å². The Bertz CT molecular complexity index is 630. The maximum absolute atomic E-state index is 13.4. The molecule has 4 heteroatoms. The van der Waals surface area contributed by atoms with Crippen molar-refractivity contribution in [2.45, 2.75) is 18.9 Å². The lowest BCUT2D eigenvalue weighted by Gasteiger charge is -2.16. The van der Waals surface area contributed by atoms with Gasteiger partial charge < -0.3 is 5.32 Å². The molecule has 0 bridgehead atoms. The van der Waals surface area contributed by atoms with Crippen molar-refractivity contribution in [3.63, 3.8) is 0 Å². The molecule has 1 aliphatic rings. The van der Waals surface area contributed by atoms with Gasteiger partial charge in [-0.05, 0) is 54.3 Å². The van der Waals surface area contributed by atoms with Crippen molar-refractivity contribution in [1.82, 2.24) is 0 Å². The zero-order valence-corrected chi connectivity index (χ0v) is 12.4. The molecule has 0 heterocycles. The first kappa shape index (κ1) is 12.9. The summed E-state index contributed by atoms with van der Waals surface area (Å²) >= 11 is 9.17. The van der Waals surface area contributed by atoms with Crippen LogP contribution in [-0.4, -0.2) is 0 Å². The van der Waals surface area contributed by atoms with Gasteiger partial charge in [0.25, 0.3) is 0 Å². The normalized spacial score (nSPS) is 17.3. The number of aryl methyl sites for hydroxylation is 1. The molecule has 1 unspecified atom stereocenters. The molecule has 1 nitrogen and oxygen atoms in total. The van der Waals surface area contributed by atoms with E-state index in [1.165, 1.54) is 17.2 Å². The Morgan fingerprint density at radius 3 is 2.84 bits per heavy atom. The van der Waals surface area contributed by atoms with Gasteiger partial charge in [0.1, 0.15) is 5.82 Å². The topological polar surface area (TPSA) is 12.0 Å². The first-order chi connectivity index (χ1) is 9.13. The van der Waals surface area contributed by atoms with Crippen LogP contribution in [0.2, 0.25) is 5.02 Å². The highest BCUT2D eigenvalue weighted by Crippen LogP contribution is 2.35. The minimum atomic E-state index is -0.388. The molecule has 1 N–H and O–H groups in total. The van der Waals surface area contributed by atoms with Crippen LogP contribution in [-0.2, 0) is 6.42 Å². The Hall–Kier alpha value is -1.06. The monoisotopic (exact) mass is 339 g/mol. The first-order valence-corrected chi connectivity index (χ1v) is 7.30. The first-order valence-electron chi connectivity index (χ1n) is 6.13. The number of hydrogen-bond donors (Lipinski definition) is 1. The van der Waals surface area contributed by atoms with Crippen LogP contribution >= 0.6 is 27.5 Å². The molecule has 0 saturated heterocycles. The lowest BCUT2D eigenvalue weighted by atomic mass is 10.1. The van der Waals surface area contributed by atoms with Crippen LogP contribution in [0.3, 0.4) is 0 Å². The van der Waals surface area contributed by atoms with Gasteiger partial charge >= 0.3 is 0 Å². The molecule has 0 spiro atoms. The van der Waals surface area contributed by atoms with E-state index in [9.17, 15) is 4.39 Å². The molecule has 0 amide bonds. The van der Waals surface area contributed by atoms with Crippen LogP contribution in [0, 0.1) is 5.82 Å². The summed E-state index contributed by atoms with van der Waals surface area (Å²) in [5.74, 6) is -0.388. The third kappa shape index (κ3) is 2.63. The van der Waals surface area contributed by atoms with E-state index in [0.717, 1.165) is 23.0 Å². The van der Waals surface area contributed by atoms with E-state index in [1.54, 1.807) is 6.07 Å². The van der Waals surface area contributed by atoms with Crippen molar-refractivity contribution in [1.29, 1.82) is 0 Å². The molecule has 19 heavy (non-hydrogen) atoms. The minimum absolute atomic E-state index is 0.154. The third-order valence-electron chi connectivity index (χ3n) is 3.44. The van der Waals surface area contributed by atoms with E-state index in [2.05, 4.69) is 33.4 Å². The molecule has 3 rings (SSSR count). The van der Waals surface area contributed by atoms with E-state index in [0.29, 0.717) is 0 Å². The summed E-state index contributed by atoms with van der Waals surface area (Å²) in [5.41, 5.74) is 3.41. The van der Waals surface area contributed by atoms with E-state index in [1.807, 2.05) is 12.1 Å². The summed E-state index contributed by atoms with van der Waals surface area (Å²) in [6.07, 6.45) is 2.07. The maximum atomic E-state index is 13.4. The highest BCUT2D eigenvalue weighted by atomic mass is 79.9. The lowest BCUT2D eigenvalue weighted by molar-refractivity contribution is 0.628. The standard InChI is InChI=1S/C15H12BrClFN/c16-10-2-4-12-9(7-10)1-6-15(12)19-11-3-5-13(17)14(18)8-11/h2-5,7-8,15,19H,1,6H2. The number of hydrogen-bond acceptors (Lipinski definition) is 1. The predicted octanol–water partition coefficient (Wildman–Crippen LogP) is 5.34. The van der Waals surface area contributed by atoms with E-state index in [4.69, 9.17) is 11.6 Å². The van der Waals surface area contributed by atoms with Crippen LogP contribution in [0.5, 0.6) is 0 Å². The number of rotatable bonds is 2. The second-order valence-corrected chi connectivity index (χ2v) is 6.03. The van der Waals surface area contributed by atoms with Gasteiger partial charge in [0, 0.05) is 10.2 Å². The molecular formula is C15H12BrClFN. The van der Waals surface area contributed by atoms with Gasteiger partial charge in [-0.1, -0.05) is 33.6 Å². The van der Waals surface area contributed by atoms with Crippen molar-refractivity contribution < 1.29 is 4.39 Å². The third-order valence-corrected chi connectivity index (χ3v) is 4.24. The number of benzene rings is 2. The van der Waals surface area contributed by atoms with Gasteiger partial charge in [-0.15, -0.1) is 0 Å². The highest BCUT2D eigenvalue weighted by Gasteiger charge is 2.22. The summed E-state index contributed by atoms with van der Waals surface area (Å²) in [5, 5.41) is 3.52. The fraction of sp³-hybridized carbons (Fsp3) is 0.200. The average molecular weight is 341 g/mol. The Kier molecular flexibility index (Phi) is 3.50. The molecule has 1 aliphatic carbocycles. The molecule has 98 valence electrons. The van der Waals surface area contributed by atoms with Gasteiger partial charge in [-0.3, -0.25) is 0 Å². The molecule has 0 radical (unpaired) electrons. The number of anilines is 1. The molecule has 0 fully saturated rings. The second-order valence-electron chi connectivity index (χ2n) is 4.71. The zero-order chi connectivity index (χ0) is 13.4. The molecule has 0 aromatic heterocycles. The van der Waals surface area contributed by atoms with Crippen LogP contribution in [0.25, 0.3) is 0 Å². The largest absolute Gasteiger partial charge is 0.378 e. The summed E-state index contributed by atoms with van der Waals surface area (Å²) in [6, 6.07) is 11.4. The molecule has 0 saturated carbocycles. The molecule has 2 aromatic rings. The quantitative estimate of drug-likeness (QED) is 0.778. The SMILES string of the molecule is Fc1cc(NC2CCc3cc(Br)ccc32)ccc1Cl. The Labute approximate surface area is 124 Å². The van der Waals surface area contributed by atoms with Crippen LogP contribution < -0.4 is 5.32 Å². The second kappa shape index (κ2) is 5.14. The summed E-state index contributed by atoms with van der Waals surface area (Å²) in [7, 11) is 0. The van der Waals surface area contributed by atoms with Crippen LogP contribution in [0.1, 0.15) is 23.6 Å². The van der Waals surface area contributed by atoms with Crippen molar-refractivity contribution in [2.24, 2.45) is 0 Å². The van der Waals surface area contributed by atoms with Crippen LogP contribution in [0.4, 0.5) is 10.1 Å². The van der Waals surface area contributed by atoms with Gasteiger partial charge in [-0.2, -0.15) is 0 Å². The molecule has 2 aromatic carbocycles. The lowest BCUT2D eigenvalue weighted by Crippen LogP contribution is -2.07. The van der Waals surface area contributed by atoms with Gasteiger partial charge in [0.05, 0.1) is 11.1 Å². The summed E-state index contributed by atoms with van der Waals surface area (Å²) in [6.45, 7) is 0. The predicted molar refractivity (Wildman–Crippen MR) is 80.2 cm³/mol. The average Bonchev–Trinajstić information content (AvgIpc) is 2.76. The zero-order valence-electron chi connectivity index (χ0n) is 10.1. The van der Waals surface area contributed by atoms with Gasteiger partial charge in [-0.25, -0.2) is 4.39 Å². The fourth-order valence-corrected chi connectivity index (χ4v) is 3.05. The Balaban J connectivity index is 1.84. The van der Waals surface area contributed by atoms with Crippen molar-refractivity contribution in [3.05, 3.63) is 62.8 Å². The maximum Gasteiger partial charge on any atom is 0.143 e. The Morgan fingerprint density at radius 2 is 2.05 bits per heavy atom. The van der Waals surface area contributed by atoms with Crippen molar-refractivity contribution in [3.8, 4) is 0 Å². The highest BCUT2D eigenvalue weighted by molar-refractivity contribution is 9.10. The molecule has 1 atom stereocenters. The number of nitrogens with one attached hydrogen (secondary N) is 1. The smallest absolute Gasteiger partial charge is 0.143 e.